The van der Waals surface area contributed by atoms with Crippen LogP contribution in [0.2, 0.25) is 5.02 Å². The fraction of sp³-hybridized carbons (Fsp3) is 0. The van der Waals surface area contributed by atoms with E-state index in [0.29, 0.717) is 16.5 Å². The van der Waals surface area contributed by atoms with E-state index in [-0.39, 0.29) is 11.7 Å². The van der Waals surface area contributed by atoms with E-state index in [0.717, 1.165) is 5.69 Å². The minimum Gasteiger partial charge on any atom is -0.459 e. The van der Waals surface area contributed by atoms with Crippen LogP contribution in [0.1, 0.15) is 10.6 Å². The summed E-state index contributed by atoms with van der Waals surface area (Å²) in [6, 6.07) is 10.5. The molecule has 0 radical (unpaired) electrons. The lowest BCUT2D eigenvalue weighted by Gasteiger charge is -2.07. The summed E-state index contributed by atoms with van der Waals surface area (Å²) in [6.45, 7) is 0. The fourth-order valence-corrected chi connectivity index (χ4v) is 1.97. The molecule has 0 bridgehead atoms. The van der Waals surface area contributed by atoms with Crippen LogP contribution < -0.4 is 10.6 Å². The van der Waals surface area contributed by atoms with Gasteiger partial charge < -0.3 is 15.1 Å². The predicted molar refractivity (Wildman–Crippen MR) is 80.0 cm³/mol. The van der Waals surface area contributed by atoms with Gasteiger partial charge in [0.1, 0.15) is 5.69 Å². The number of carbonyl (C=O) groups is 1. The first-order chi connectivity index (χ1) is 10.2. The van der Waals surface area contributed by atoms with Crippen LogP contribution in [0, 0.1) is 0 Å². The molecule has 0 aliphatic rings. The van der Waals surface area contributed by atoms with Crippen molar-refractivity contribution in [2.24, 2.45) is 0 Å². The molecule has 1 amide bonds. The SMILES string of the molecule is O=C(Nc1[nH]ncc1Nc1cccc(Cl)c1)c1ccco1. The van der Waals surface area contributed by atoms with Gasteiger partial charge in [0, 0.05) is 10.7 Å². The van der Waals surface area contributed by atoms with Gasteiger partial charge in [-0.3, -0.25) is 9.89 Å². The predicted octanol–water partition coefficient (Wildman–Crippen LogP) is 3.65. The monoisotopic (exact) mass is 302 g/mol. The maximum Gasteiger partial charge on any atom is 0.292 e. The third kappa shape index (κ3) is 3.06. The van der Waals surface area contributed by atoms with E-state index in [4.69, 9.17) is 16.0 Å². The number of anilines is 3. The van der Waals surface area contributed by atoms with Gasteiger partial charge in [0.15, 0.2) is 11.6 Å². The van der Waals surface area contributed by atoms with Crippen LogP contribution >= 0.6 is 11.6 Å². The number of hydrogen-bond donors (Lipinski definition) is 3. The van der Waals surface area contributed by atoms with Crippen LogP contribution in [0.15, 0.2) is 53.3 Å². The fourth-order valence-electron chi connectivity index (χ4n) is 1.78. The van der Waals surface area contributed by atoms with E-state index in [1.54, 1.807) is 30.5 Å². The number of carbonyl (C=O) groups excluding carboxylic acids is 1. The van der Waals surface area contributed by atoms with Gasteiger partial charge in [0.05, 0.1) is 12.5 Å². The highest BCUT2D eigenvalue weighted by atomic mass is 35.5. The first kappa shape index (κ1) is 13.3. The Kier molecular flexibility index (Phi) is 3.61. The Hall–Kier alpha value is -2.73. The first-order valence-electron chi connectivity index (χ1n) is 6.13. The number of rotatable bonds is 4. The van der Waals surface area contributed by atoms with E-state index >= 15 is 0 Å². The summed E-state index contributed by atoms with van der Waals surface area (Å²) in [5.74, 6) is 0.299. The molecule has 3 N–H and O–H groups in total. The highest BCUT2D eigenvalue weighted by molar-refractivity contribution is 6.30. The third-order valence-electron chi connectivity index (χ3n) is 2.73. The number of amides is 1. The van der Waals surface area contributed by atoms with E-state index in [9.17, 15) is 4.79 Å². The summed E-state index contributed by atoms with van der Waals surface area (Å²) < 4.78 is 5.03. The van der Waals surface area contributed by atoms with Crippen molar-refractivity contribution in [2.45, 2.75) is 0 Å². The second-order valence-electron chi connectivity index (χ2n) is 4.23. The number of aromatic amines is 1. The Balaban J connectivity index is 1.76. The van der Waals surface area contributed by atoms with Crippen LogP contribution in [0.25, 0.3) is 0 Å². The molecule has 2 heterocycles. The minimum absolute atomic E-state index is 0.221. The molecule has 106 valence electrons. The van der Waals surface area contributed by atoms with Crippen molar-refractivity contribution in [1.82, 2.24) is 10.2 Å². The summed E-state index contributed by atoms with van der Waals surface area (Å²) in [4.78, 5) is 11.9. The van der Waals surface area contributed by atoms with Gasteiger partial charge in [0.2, 0.25) is 0 Å². The minimum atomic E-state index is -0.363. The zero-order valence-corrected chi connectivity index (χ0v) is 11.5. The topological polar surface area (TPSA) is 83.0 Å². The Morgan fingerprint density at radius 1 is 1.29 bits per heavy atom. The van der Waals surface area contributed by atoms with Crippen molar-refractivity contribution in [3.63, 3.8) is 0 Å². The van der Waals surface area contributed by atoms with Gasteiger partial charge in [-0.15, -0.1) is 0 Å². The van der Waals surface area contributed by atoms with E-state index in [2.05, 4.69) is 20.8 Å². The molecule has 6 nitrogen and oxygen atoms in total. The third-order valence-corrected chi connectivity index (χ3v) is 2.96. The molecule has 3 aromatic rings. The van der Waals surface area contributed by atoms with Crippen LogP contribution in [0.5, 0.6) is 0 Å². The Labute approximate surface area is 125 Å². The van der Waals surface area contributed by atoms with Gasteiger partial charge in [-0.05, 0) is 30.3 Å². The molecule has 0 saturated heterocycles. The lowest BCUT2D eigenvalue weighted by Crippen LogP contribution is -2.12. The first-order valence-corrected chi connectivity index (χ1v) is 6.51. The summed E-state index contributed by atoms with van der Waals surface area (Å²) in [5.41, 5.74) is 1.41. The zero-order valence-electron chi connectivity index (χ0n) is 10.8. The average Bonchev–Trinajstić information content (AvgIpc) is 3.11. The number of aromatic nitrogens is 2. The second-order valence-corrected chi connectivity index (χ2v) is 4.66. The normalized spacial score (nSPS) is 10.3. The van der Waals surface area contributed by atoms with Crippen molar-refractivity contribution in [3.05, 3.63) is 59.6 Å². The van der Waals surface area contributed by atoms with Gasteiger partial charge in [0.25, 0.3) is 5.91 Å². The highest BCUT2D eigenvalue weighted by Gasteiger charge is 2.13. The van der Waals surface area contributed by atoms with Crippen LogP contribution in [-0.4, -0.2) is 16.1 Å². The Morgan fingerprint density at radius 3 is 2.95 bits per heavy atom. The van der Waals surface area contributed by atoms with Crippen molar-refractivity contribution in [3.8, 4) is 0 Å². The molecule has 21 heavy (non-hydrogen) atoms. The molecular weight excluding hydrogens is 292 g/mol. The maximum atomic E-state index is 11.9. The quantitative estimate of drug-likeness (QED) is 0.687. The van der Waals surface area contributed by atoms with Gasteiger partial charge >= 0.3 is 0 Å². The van der Waals surface area contributed by atoms with Crippen LogP contribution in [0.4, 0.5) is 17.2 Å². The molecule has 3 rings (SSSR count). The Bertz CT molecular complexity index is 752. The lowest BCUT2D eigenvalue weighted by atomic mass is 10.3. The smallest absolute Gasteiger partial charge is 0.292 e. The Morgan fingerprint density at radius 2 is 2.19 bits per heavy atom. The van der Waals surface area contributed by atoms with E-state index < -0.39 is 0 Å². The van der Waals surface area contributed by atoms with Crippen LogP contribution in [0.3, 0.4) is 0 Å². The maximum absolute atomic E-state index is 11.9. The molecule has 0 spiro atoms. The number of benzene rings is 1. The molecule has 2 aromatic heterocycles. The summed E-state index contributed by atoms with van der Waals surface area (Å²) >= 11 is 5.93. The van der Waals surface area contributed by atoms with E-state index in [1.807, 2.05) is 12.1 Å². The number of H-pyrrole nitrogens is 1. The second kappa shape index (κ2) is 5.72. The van der Waals surface area contributed by atoms with Crippen molar-refractivity contribution >= 4 is 34.7 Å². The molecular formula is C14H11ClN4O2. The number of hydrogen-bond acceptors (Lipinski definition) is 4. The molecule has 7 heteroatoms. The molecule has 0 unspecified atom stereocenters. The van der Waals surface area contributed by atoms with Crippen molar-refractivity contribution in [2.75, 3.05) is 10.6 Å². The number of nitrogens with zero attached hydrogens (tertiary/aromatic N) is 1. The molecule has 1 aromatic carbocycles. The summed E-state index contributed by atoms with van der Waals surface area (Å²) in [5, 5.41) is 13.0. The summed E-state index contributed by atoms with van der Waals surface area (Å²) in [6.07, 6.45) is 3.01. The van der Waals surface area contributed by atoms with Gasteiger partial charge in [-0.2, -0.15) is 5.10 Å². The van der Waals surface area contributed by atoms with Gasteiger partial charge in [-0.25, -0.2) is 0 Å². The van der Waals surface area contributed by atoms with Gasteiger partial charge in [-0.1, -0.05) is 17.7 Å². The molecule has 0 aliphatic carbocycles. The van der Waals surface area contributed by atoms with Crippen molar-refractivity contribution < 1.29 is 9.21 Å². The van der Waals surface area contributed by atoms with Crippen molar-refractivity contribution in [1.29, 1.82) is 0 Å². The molecule has 0 fully saturated rings. The van der Waals surface area contributed by atoms with Crippen LogP contribution in [-0.2, 0) is 0 Å². The number of halogens is 1. The number of nitrogens with one attached hydrogen (secondary N) is 3. The average molecular weight is 303 g/mol. The summed E-state index contributed by atoms with van der Waals surface area (Å²) in [7, 11) is 0. The standard InChI is InChI=1S/C14H11ClN4O2/c15-9-3-1-4-10(7-9)17-11-8-16-19-13(11)18-14(20)12-5-2-6-21-12/h1-8,17H,(H2,16,18,19,20). The zero-order chi connectivity index (χ0) is 14.7. The molecule has 0 saturated carbocycles. The van der Waals surface area contributed by atoms with E-state index in [1.165, 1.54) is 6.26 Å². The number of furan rings is 1. The lowest BCUT2D eigenvalue weighted by molar-refractivity contribution is 0.0996. The molecule has 0 aliphatic heterocycles. The molecule has 0 atom stereocenters. The largest absolute Gasteiger partial charge is 0.459 e. The highest BCUT2D eigenvalue weighted by Crippen LogP contribution is 2.25.